The molecule has 0 bridgehead atoms. The van der Waals surface area contributed by atoms with Gasteiger partial charge in [-0.3, -0.25) is 0 Å². The Balaban J connectivity index is 1.72. The molecule has 0 radical (unpaired) electrons. The summed E-state index contributed by atoms with van der Waals surface area (Å²) < 4.78 is 0. The first-order valence-electron chi connectivity index (χ1n) is 4.67. The maximum absolute atomic E-state index is 9.68. The third-order valence-electron chi connectivity index (χ3n) is 2.59. The van der Waals surface area contributed by atoms with Gasteiger partial charge in [0.05, 0.1) is 6.10 Å². The summed E-state index contributed by atoms with van der Waals surface area (Å²) in [6.07, 6.45) is 5.21. The molecule has 1 aliphatic carbocycles. The fraction of sp³-hybridized carbons (Fsp3) is 0.667. The van der Waals surface area contributed by atoms with Gasteiger partial charge in [0.1, 0.15) is 0 Å². The summed E-state index contributed by atoms with van der Waals surface area (Å²) >= 11 is 1.57. The maximum Gasteiger partial charge on any atom is 0.182 e. The van der Waals surface area contributed by atoms with Gasteiger partial charge in [0.15, 0.2) is 5.13 Å². The molecule has 1 aliphatic rings. The van der Waals surface area contributed by atoms with E-state index in [0.29, 0.717) is 12.5 Å². The molecule has 1 aromatic rings. The van der Waals surface area contributed by atoms with Crippen molar-refractivity contribution in [2.45, 2.75) is 25.4 Å². The SMILES string of the molecule is OC(CNc1nccs1)C1CCC1. The van der Waals surface area contributed by atoms with Crippen molar-refractivity contribution < 1.29 is 5.11 Å². The highest BCUT2D eigenvalue weighted by molar-refractivity contribution is 7.13. The molecule has 2 N–H and O–H groups in total. The fourth-order valence-corrected chi connectivity index (χ4v) is 2.03. The maximum atomic E-state index is 9.68. The molecule has 2 rings (SSSR count). The topological polar surface area (TPSA) is 45.1 Å². The minimum absolute atomic E-state index is 0.197. The minimum atomic E-state index is -0.197. The lowest BCUT2D eigenvalue weighted by Gasteiger charge is -2.30. The Kier molecular flexibility index (Phi) is 2.80. The smallest absolute Gasteiger partial charge is 0.182 e. The second-order valence-electron chi connectivity index (χ2n) is 3.48. The van der Waals surface area contributed by atoms with Crippen molar-refractivity contribution in [3.63, 3.8) is 0 Å². The lowest BCUT2D eigenvalue weighted by Crippen LogP contribution is -2.32. The Morgan fingerprint density at radius 2 is 2.54 bits per heavy atom. The highest BCUT2D eigenvalue weighted by Crippen LogP contribution is 2.29. The van der Waals surface area contributed by atoms with Gasteiger partial charge in [-0.15, -0.1) is 11.3 Å². The second kappa shape index (κ2) is 4.07. The summed E-state index contributed by atoms with van der Waals surface area (Å²) in [4.78, 5) is 4.09. The average Bonchev–Trinajstić information content (AvgIpc) is 2.49. The number of nitrogens with zero attached hydrogens (tertiary/aromatic N) is 1. The van der Waals surface area contributed by atoms with Crippen LogP contribution >= 0.6 is 11.3 Å². The van der Waals surface area contributed by atoms with Crippen molar-refractivity contribution in [1.82, 2.24) is 4.98 Å². The van der Waals surface area contributed by atoms with Crippen LogP contribution in [0.25, 0.3) is 0 Å². The Bertz CT molecular complexity index is 246. The lowest BCUT2D eigenvalue weighted by molar-refractivity contribution is 0.0729. The molecule has 4 heteroatoms. The third kappa shape index (κ3) is 2.19. The van der Waals surface area contributed by atoms with E-state index < -0.39 is 0 Å². The number of thiazole rings is 1. The van der Waals surface area contributed by atoms with E-state index >= 15 is 0 Å². The van der Waals surface area contributed by atoms with Crippen LogP contribution in [0.1, 0.15) is 19.3 Å². The first-order chi connectivity index (χ1) is 6.36. The van der Waals surface area contributed by atoms with Gasteiger partial charge < -0.3 is 10.4 Å². The molecule has 1 unspecified atom stereocenters. The Morgan fingerprint density at radius 3 is 3.08 bits per heavy atom. The molecule has 1 fully saturated rings. The van der Waals surface area contributed by atoms with Gasteiger partial charge in [-0.05, 0) is 18.8 Å². The van der Waals surface area contributed by atoms with Gasteiger partial charge in [0.2, 0.25) is 0 Å². The molecule has 3 nitrogen and oxygen atoms in total. The zero-order chi connectivity index (χ0) is 9.10. The van der Waals surface area contributed by atoms with Crippen molar-refractivity contribution in [3.05, 3.63) is 11.6 Å². The van der Waals surface area contributed by atoms with Crippen LogP contribution in [0.3, 0.4) is 0 Å². The fourth-order valence-electron chi connectivity index (χ4n) is 1.49. The molecular formula is C9H14N2OS. The van der Waals surface area contributed by atoms with Crippen LogP contribution in [-0.4, -0.2) is 22.7 Å². The van der Waals surface area contributed by atoms with Gasteiger partial charge in [0.25, 0.3) is 0 Å². The van der Waals surface area contributed by atoms with Gasteiger partial charge in [0, 0.05) is 18.1 Å². The van der Waals surface area contributed by atoms with Crippen LogP contribution in [0.4, 0.5) is 5.13 Å². The zero-order valence-corrected chi connectivity index (χ0v) is 8.26. The summed E-state index contributed by atoms with van der Waals surface area (Å²) in [5.74, 6) is 0.521. The molecule has 0 spiro atoms. The van der Waals surface area contributed by atoms with Crippen LogP contribution in [0.2, 0.25) is 0 Å². The molecule has 0 aromatic carbocycles. The van der Waals surface area contributed by atoms with E-state index in [0.717, 1.165) is 5.13 Å². The van der Waals surface area contributed by atoms with E-state index in [9.17, 15) is 5.11 Å². The molecule has 0 amide bonds. The van der Waals surface area contributed by atoms with E-state index in [-0.39, 0.29) is 6.10 Å². The van der Waals surface area contributed by atoms with Crippen molar-refractivity contribution in [1.29, 1.82) is 0 Å². The van der Waals surface area contributed by atoms with Gasteiger partial charge >= 0.3 is 0 Å². The molecule has 1 saturated carbocycles. The predicted molar refractivity (Wildman–Crippen MR) is 54.0 cm³/mol. The molecule has 72 valence electrons. The highest BCUT2D eigenvalue weighted by atomic mass is 32.1. The van der Waals surface area contributed by atoms with Crippen molar-refractivity contribution >= 4 is 16.5 Å². The average molecular weight is 198 g/mol. The number of hydrogen-bond donors (Lipinski definition) is 2. The summed E-state index contributed by atoms with van der Waals surface area (Å²) in [6.45, 7) is 0.637. The highest BCUT2D eigenvalue weighted by Gasteiger charge is 2.25. The number of nitrogens with one attached hydrogen (secondary N) is 1. The van der Waals surface area contributed by atoms with E-state index in [1.807, 2.05) is 5.38 Å². The zero-order valence-electron chi connectivity index (χ0n) is 7.44. The normalized spacial score (nSPS) is 19.5. The van der Waals surface area contributed by atoms with Crippen LogP contribution in [0.5, 0.6) is 0 Å². The Morgan fingerprint density at radius 1 is 1.69 bits per heavy atom. The second-order valence-corrected chi connectivity index (χ2v) is 4.37. The third-order valence-corrected chi connectivity index (χ3v) is 3.32. The molecule has 1 aromatic heterocycles. The summed E-state index contributed by atoms with van der Waals surface area (Å²) in [5, 5.41) is 15.6. The number of aromatic nitrogens is 1. The molecule has 1 heterocycles. The van der Waals surface area contributed by atoms with E-state index in [1.165, 1.54) is 19.3 Å². The van der Waals surface area contributed by atoms with Crippen LogP contribution in [0, 0.1) is 5.92 Å². The summed E-state index contributed by atoms with van der Waals surface area (Å²) in [5.41, 5.74) is 0. The monoisotopic (exact) mass is 198 g/mol. The van der Waals surface area contributed by atoms with E-state index in [4.69, 9.17) is 0 Å². The number of aliphatic hydroxyl groups excluding tert-OH is 1. The molecule has 0 aliphatic heterocycles. The standard InChI is InChI=1S/C9H14N2OS/c12-8(7-2-1-3-7)6-11-9-10-4-5-13-9/h4-5,7-8,12H,1-3,6H2,(H,10,11). The van der Waals surface area contributed by atoms with Crippen molar-refractivity contribution in [2.24, 2.45) is 5.92 Å². The van der Waals surface area contributed by atoms with Crippen molar-refractivity contribution in [2.75, 3.05) is 11.9 Å². The number of anilines is 1. The number of rotatable bonds is 4. The summed E-state index contributed by atoms with van der Waals surface area (Å²) in [7, 11) is 0. The Labute approximate surface area is 81.8 Å². The first kappa shape index (κ1) is 8.97. The van der Waals surface area contributed by atoms with E-state index in [1.54, 1.807) is 17.5 Å². The van der Waals surface area contributed by atoms with Gasteiger partial charge in [-0.1, -0.05) is 6.42 Å². The summed E-state index contributed by atoms with van der Waals surface area (Å²) in [6, 6.07) is 0. The number of hydrogen-bond acceptors (Lipinski definition) is 4. The molecule has 13 heavy (non-hydrogen) atoms. The van der Waals surface area contributed by atoms with Crippen molar-refractivity contribution in [3.8, 4) is 0 Å². The van der Waals surface area contributed by atoms with Gasteiger partial charge in [-0.25, -0.2) is 4.98 Å². The van der Waals surface area contributed by atoms with E-state index in [2.05, 4.69) is 10.3 Å². The largest absolute Gasteiger partial charge is 0.391 e. The van der Waals surface area contributed by atoms with Gasteiger partial charge in [-0.2, -0.15) is 0 Å². The first-order valence-corrected chi connectivity index (χ1v) is 5.55. The minimum Gasteiger partial charge on any atom is -0.391 e. The molecule has 0 saturated heterocycles. The van der Waals surface area contributed by atoms with Crippen LogP contribution in [0.15, 0.2) is 11.6 Å². The Hall–Kier alpha value is -0.610. The van der Waals surface area contributed by atoms with Crippen LogP contribution in [-0.2, 0) is 0 Å². The predicted octanol–water partition coefficient (Wildman–Crippen LogP) is 1.72. The molecule has 1 atom stereocenters. The number of aliphatic hydroxyl groups is 1. The molecular weight excluding hydrogens is 184 g/mol. The quantitative estimate of drug-likeness (QED) is 0.774. The lowest BCUT2D eigenvalue weighted by atomic mass is 9.81. The van der Waals surface area contributed by atoms with Crippen LogP contribution < -0.4 is 5.32 Å².